The van der Waals surface area contributed by atoms with Gasteiger partial charge in [-0.2, -0.15) is 0 Å². The molecule has 1 saturated heterocycles. The minimum Gasteiger partial charge on any atom is -0.633 e. The summed E-state index contributed by atoms with van der Waals surface area (Å²) >= 11 is 1.70. The van der Waals surface area contributed by atoms with E-state index in [9.17, 15) is 5.21 Å². The van der Waals surface area contributed by atoms with Gasteiger partial charge in [0, 0.05) is 5.75 Å². The average Bonchev–Trinajstić information content (AvgIpc) is 1.86. The maximum atomic E-state index is 10.7. The average molecular weight is 145 g/mol. The van der Waals surface area contributed by atoms with Crippen LogP contribution in [0.2, 0.25) is 0 Å². The van der Waals surface area contributed by atoms with Gasteiger partial charge in [-0.15, -0.1) is 6.58 Å². The molecule has 52 valence electrons. The molecule has 3 heteroatoms. The summed E-state index contributed by atoms with van der Waals surface area (Å²) in [7, 11) is 0. The van der Waals surface area contributed by atoms with Crippen molar-refractivity contribution in [3.63, 3.8) is 0 Å². The Labute approximate surface area is 59.5 Å². The maximum Gasteiger partial charge on any atom is 0.139 e. The van der Waals surface area contributed by atoms with E-state index in [0.717, 1.165) is 18.7 Å². The summed E-state index contributed by atoms with van der Waals surface area (Å²) in [5.74, 6) is 0.913. The van der Waals surface area contributed by atoms with Crippen molar-refractivity contribution >= 4 is 11.8 Å². The molecular weight excluding hydrogens is 134 g/mol. The van der Waals surface area contributed by atoms with Crippen LogP contribution in [-0.4, -0.2) is 17.7 Å². The fourth-order valence-electron chi connectivity index (χ4n) is 0.741. The Morgan fingerprint density at radius 3 is 3.00 bits per heavy atom. The second-order valence-electron chi connectivity index (χ2n) is 2.12. The molecule has 1 heterocycles. The SMILES string of the molecule is C=CCSC1CC[NH+]1[O-]. The van der Waals surface area contributed by atoms with Crippen molar-refractivity contribution in [2.24, 2.45) is 0 Å². The van der Waals surface area contributed by atoms with Gasteiger partial charge < -0.3 is 10.3 Å². The van der Waals surface area contributed by atoms with Gasteiger partial charge in [-0.05, 0) is 0 Å². The molecule has 0 aromatic heterocycles. The van der Waals surface area contributed by atoms with Crippen LogP contribution in [0.15, 0.2) is 12.7 Å². The molecule has 0 bridgehead atoms. The molecule has 0 amide bonds. The minimum absolute atomic E-state index is 0.308. The van der Waals surface area contributed by atoms with Crippen LogP contribution >= 0.6 is 11.8 Å². The standard InChI is InChI=1S/C6H11NOS/c1-2-5-9-6-3-4-7(6)8/h2,6-7H,1,3-5H2. The first kappa shape index (κ1) is 7.12. The van der Waals surface area contributed by atoms with Gasteiger partial charge in [-0.3, -0.25) is 0 Å². The highest BCUT2D eigenvalue weighted by Gasteiger charge is 2.25. The Balaban J connectivity index is 2.06. The van der Waals surface area contributed by atoms with Crippen molar-refractivity contribution in [3.8, 4) is 0 Å². The van der Waals surface area contributed by atoms with Crippen molar-refractivity contribution in [1.29, 1.82) is 0 Å². The number of thioether (sulfide) groups is 1. The first-order chi connectivity index (χ1) is 4.34. The second-order valence-corrected chi connectivity index (χ2v) is 3.35. The van der Waals surface area contributed by atoms with Crippen molar-refractivity contribution in [2.45, 2.75) is 11.8 Å². The summed E-state index contributed by atoms with van der Waals surface area (Å²) in [6.07, 6.45) is 2.92. The predicted molar refractivity (Wildman–Crippen MR) is 40.3 cm³/mol. The van der Waals surface area contributed by atoms with Gasteiger partial charge in [-0.25, -0.2) is 0 Å². The summed E-state index contributed by atoms with van der Waals surface area (Å²) in [4.78, 5) is 0. The van der Waals surface area contributed by atoms with Crippen molar-refractivity contribution < 1.29 is 5.06 Å². The molecular formula is C6H11NOS. The van der Waals surface area contributed by atoms with Crippen molar-refractivity contribution in [2.75, 3.05) is 12.3 Å². The first-order valence-corrected chi connectivity index (χ1v) is 4.14. The van der Waals surface area contributed by atoms with Gasteiger partial charge in [0.05, 0.1) is 13.0 Å². The number of nitrogens with one attached hydrogen (secondary N) is 1. The van der Waals surface area contributed by atoms with E-state index in [0.29, 0.717) is 10.4 Å². The summed E-state index contributed by atoms with van der Waals surface area (Å²) in [6.45, 7) is 4.38. The Kier molecular flexibility index (Phi) is 2.57. The molecule has 1 aliphatic rings. The zero-order valence-electron chi connectivity index (χ0n) is 5.30. The molecule has 1 N–H and O–H groups in total. The van der Waals surface area contributed by atoms with E-state index in [-0.39, 0.29) is 0 Å². The zero-order chi connectivity index (χ0) is 6.69. The van der Waals surface area contributed by atoms with Crippen LogP contribution in [0.4, 0.5) is 0 Å². The van der Waals surface area contributed by atoms with Crippen LogP contribution < -0.4 is 5.06 Å². The van der Waals surface area contributed by atoms with Crippen LogP contribution in [0.1, 0.15) is 6.42 Å². The molecule has 0 aromatic rings. The Morgan fingerprint density at radius 1 is 1.89 bits per heavy atom. The molecule has 2 unspecified atom stereocenters. The third-order valence-electron chi connectivity index (χ3n) is 1.43. The highest BCUT2D eigenvalue weighted by Crippen LogP contribution is 2.12. The summed E-state index contributed by atoms with van der Waals surface area (Å²) in [5.41, 5.74) is 0. The van der Waals surface area contributed by atoms with E-state index in [1.165, 1.54) is 0 Å². The van der Waals surface area contributed by atoms with E-state index in [1.807, 2.05) is 6.08 Å². The largest absolute Gasteiger partial charge is 0.633 e. The van der Waals surface area contributed by atoms with E-state index in [1.54, 1.807) is 11.8 Å². The van der Waals surface area contributed by atoms with Crippen LogP contribution in [0.5, 0.6) is 0 Å². The molecule has 9 heavy (non-hydrogen) atoms. The van der Waals surface area contributed by atoms with Gasteiger partial charge in [0.2, 0.25) is 0 Å². The first-order valence-electron chi connectivity index (χ1n) is 3.10. The summed E-state index contributed by atoms with van der Waals surface area (Å²) in [5, 5.41) is 11.4. The van der Waals surface area contributed by atoms with Gasteiger partial charge in [-0.1, -0.05) is 17.8 Å². The third-order valence-corrected chi connectivity index (χ3v) is 2.76. The lowest BCUT2D eigenvalue weighted by Gasteiger charge is -2.39. The Morgan fingerprint density at radius 2 is 2.67 bits per heavy atom. The fourth-order valence-corrected chi connectivity index (χ4v) is 1.70. The monoisotopic (exact) mass is 145 g/mol. The Bertz CT molecular complexity index is 107. The molecule has 1 fully saturated rings. The van der Waals surface area contributed by atoms with E-state index >= 15 is 0 Å². The summed E-state index contributed by atoms with van der Waals surface area (Å²) < 4.78 is 0. The predicted octanol–water partition coefficient (Wildman–Crippen LogP) is 0.0181. The molecule has 2 atom stereocenters. The van der Waals surface area contributed by atoms with Gasteiger partial charge in [0.1, 0.15) is 5.37 Å². The topological polar surface area (TPSA) is 27.5 Å². The van der Waals surface area contributed by atoms with Crippen molar-refractivity contribution in [3.05, 3.63) is 17.9 Å². The molecule has 0 spiro atoms. The normalized spacial score (nSPS) is 33.4. The van der Waals surface area contributed by atoms with E-state index in [2.05, 4.69) is 6.58 Å². The number of hydrogen-bond acceptors (Lipinski definition) is 2. The number of quaternary nitrogens is 1. The highest BCUT2D eigenvalue weighted by molar-refractivity contribution is 7.99. The quantitative estimate of drug-likeness (QED) is 0.448. The lowest BCUT2D eigenvalue weighted by atomic mass is 10.3. The number of hydrogen-bond donors (Lipinski definition) is 1. The number of rotatable bonds is 3. The molecule has 1 rings (SSSR count). The second kappa shape index (κ2) is 3.25. The highest BCUT2D eigenvalue weighted by atomic mass is 32.2. The zero-order valence-corrected chi connectivity index (χ0v) is 6.12. The third kappa shape index (κ3) is 1.71. The lowest BCUT2D eigenvalue weighted by Crippen LogP contribution is -3.17. The molecule has 0 aromatic carbocycles. The van der Waals surface area contributed by atoms with Crippen LogP contribution in [0.25, 0.3) is 0 Å². The molecule has 0 radical (unpaired) electrons. The van der Waals surface area contributed by atoms with Crippen LogP contribution in [0.3, 0.4) is 0 Å². The van der Waals surface area contributed by atoms with E-state index in [4.69, 9.17) is 0 Å². The molecule has 2 nitrogen and oxygen atoms in total. The van der Waals surface area contributed by atoms with Gasteiger partial charge in [0.25, 0.3) is 0 Å². The molecule has 0 aliphatic carbocycles. The fraction of sp³-hybridized carbons (Fsp3) is 0.667. The maximum absolute atomic E-state index is 10.7. The minimum atomic E-state index is 0.308. The number of hydroxylamine groups is 2. The van der Waals surface area contributed by atoms with Crippen molar-refractivity contribution in [1.82, 2.24) is 0 Å². The lowest BCUT2D eigenvalue weighted by molar-refractivity contribution is -0.901. The van der Waals surface area contributed by atoms with E-state index < -0.39 is 0 Å². The smallest absolute Gasteiger partial charge is 0.139 e. The van der Waals surface area contributed by atoms with Crippen LogP contribution in [0, 0.1) is 5.21 Å². The van der Waals surface area contributed by atoms with Gasteiger partial charge in [0.15, 0.2) is 0 Å². The van der Waals surface area contributed by atoms with Crippen LogP contribution in [-0.2, 0) is 0 Å². The van der Waals surface area contributed by atoms with Gasteiger partial charge >= 0.3 is 0 Å². The summed E-state index contributed by atoms with van der Waals surface area (Å²) in [6, 6.07) is 0. The Hall–Kier alpha value is 0.01000. The molecule has 0 saturated carbocycles. The molecule has 1 aliphatic heterocycles.